The zero-order valence-electron chi connectivity index (χ0n) is 16.3. The minimum Gasteiger partial charge on any atom is -0.339 e. The standard InChI is InChI=1S/C18H26N6O2.2ClH/c1-12(2)16-21-17(26-22-16)13-4-8-23(9-5-13)18(25)14-11-24-10-7-19-6-3-15(24)20-14;;/h11-13,19H,3-10H2,1-2H3;2*1H. The maximum absolute atomic E-state index is 12.8. The summed E-state index contributed by atoms with van der Waals surface area (Å²) in [7, 11) is 0. The minimum atomic E-state index is 0. The maximum Gasteiger partial charge on any atom is 0.274 e. The second-order valence-electron chi connectivity index (χ2n) is 7.45. The Balaban J connectivity index is 0.00000140. The summed E-state index contributed by atoms with van der Waals surface area (Å²) in [6.07, 6.45) is 4.47. The van der Waals surface area contributed by atoms with Crippen LogP contribution in [0.3, 0.4) is 0 Å². The number of hydrogen-bond acceptors (Lipinski definition) is 6. The van der Waals surface area contributed by atoms with Crippen LogP contribution in [0.5, 0.6) is 0 Å². The highest BCUT2D eigenvalue weighted by atomic mass is 35.5. The fourth-order valence-corrected chi connectivity index (χ4v) is 3.61. The van der Waals surface area contributed by atoms with Crippen LogP contribution >= 0.6 is 24.8 Å². The van der Waals surface area contributed by atoms with Crippen molar-refractivity contribution in [2.75, 3.05) is 26.2 Å². The number of halogens is 2. The summed E-state index contributed by atoms with van der Waals surface area (Å²) in [5, 5.41) is 7.40. The number of fused-ring (bicyclic) bond motifs is 1. The molecule has 0 aliphatic carbocycles. The molecule has 156 valence electrons. The number of amides is 1. The molecule has 2 aliphatic rings. The van der Waals surface area contributed by atoms with Crippen molar-refractivity contribution in [3.05, 3.63) is 29.4 Å². The summed E-state index contributed by atoms with van der Waals surface area (Å²) in [5.74, 6) is 3.00. The second kappa shape index (κ2) is 9.71. The third-order valence-electron chi connectivity index (χ3n) is 5.24. The molecule has 0 radical (unpaired) electrons. The van der Waals surface area contributed by atoms with Crippen LogP contribution in [0.25, 0.3) is 0 Å². The predicted octanol–water partition coefficient (Wildman–Crippen LogP) is 2.40. The van der Waals surface area contributed by atoms with E-state index < -0.39 is 0 Å². The van der Waals surface area contributed by atoms with Crippen LogP contribution in [0, 0.1) is 0 Å². The fraction of sp³-hybridized carbons (Fsp3) is 0.667. The number of nitrogens with zero attached hydrogens (tertiary/aromatic N) is 5. The maximum atomic E-state index is 12.8. The van der Waals surface area contributed by atoms with Gasteiger partial charge in [0, 0.05) is 57.2 Å². The summed E-state index contributed by atoms with van der Waals surface area (Å²) < 4.78 is 7.53. The smallest absolute Gasteiger partial charge is 0.274 e. The second-order valence-corrected chi connectivity index (χ2v) is 7.45. The molecule has 0 bridgehead atoms. The molecule has 28 heavy (non-hydrogen) atoms. The van der Waals surface area contributed by atoms with Crippen LogP contribution in [0.1, 0.15) is 66.6 Å². The molecule has 4 heterocycles. The highest BCUT2D eigenvalue weighted by Crippen LogP contribution is 2.28. The van der Waals surface area contributed by atoms with Gasteiger partial charge in [-0.05, 0) is 12.8 Å². The third kappa shape index (κ3) is 4.67. The first-order valence-corrected chi connectivity index (χ1v) is 9.51. The van der Waals surface area contributed by atoms with Gasteiger partial charge in [-0.1, -0.05) is 19.0 Å². The molecule has 4 rings (SSSR count). The van der Waals surface area contributed by atoms with Crippen LogP contribution in [0.15, 0.2) is 10.7 Å². The first-order chi connectivity index (χ1) is 12.6. The van der Waals surface area contributed by atoms with Gasteiger partial charge in [-0.2, -0.15) is 4.98 Å². The molecule has 10 heteroatoms. The Bertz CT molecular complexity index is 759. The molecule has 2 aromatic rings. The van der Waals surface area contributed by atoms with E-state index in [-0.39, 0.29) is 42.6 Å². The number of carbonyl (C=O) groups is 1. The van der Waals surface area contributed by atoms with Gasteiger partial charge in [0.25, 0.3) is 5.91 Å². The molecule has 0 unspecified atom stereocenters. The van der Waals surface area contributed by atoms with E-state index in [0.717, 1.165) is 50.5 Å². The Morgan fingerprint density at radius 3 is 2.61 bits per heavy atom. The van der Waals surface area contributed by atoms with Crippen LogP contribution in [0.2, 0.25) is 0 Å². The number of hydrogen-bond donors (Lipinski definition) is 1. The number of piperidine rings is 1. The number of aromatic nitrogens is 4. The van der Waals surface area contributed by atoms with E-state index in [1.54, 1.807) is 0 Å². The van der Waals surface area contributed by atoms with Crippen molar-refractivity contribution >= 4 is 30.7 Å². The highest BCUT2D eigenvalue weighted by molar-refractivity contribution is 5.92. The molecular weight excluding hydrogens is 403 g/mol. The third-order valence-corrected chi connectivity index (χ3v) is 5.24. The van der Waals surface area contributed by atoms with Crippen molar-refractivity contribution in [2.45, 2.75) is 51.5 Å². The molecule has 1 N–H and O–H groups in total. The van der Waals surface area contributed by atoms with E-state index in [1.165, 1.54) is 0 Å². The molecule has 0 aromatic carbocycles. The van der Waals surface area contributed by atoms with Crippen LogP contribution in [-0.4, -0.2) is 56.7 Å². The van der Waals surface area contributed by atoms with Gasteiger partial charge in [-0.3, -0.25) is 4.79 Å². The quantitative estimate of drug-likeness (QED) is 0.803. The summed E-state index contributed by atoms with van der Waals surface area (Å²) in [6, 6.07) is 0. The van der Waals surface area contributed by atoms with E-state index in [0.29, 0.717) is 24.7 Å². The highest BCUT2D eigenvalue weighted by Gasteiger charge is 2.29. The van der Waals surface area contributed by atoms with E-state index in [9.17, 15) is 4.79 Å². The number of rotatable bonds is 3. The van der Waals surface area contributed by atoms with Gasteiger partial charge < -0.3 is 19.3 Å². The molecule has 1 amide bonds. The monoisotopic (exact) mass is 430 g/mol. The van der Waals surface area contributed by atoms with Gasteiger partial charge in [0.15, 0.2) is 5.82 Å². The van der Waals surface area contributed by atoms with Crippen molar-refractivity contribution in [1.29, 1.82) is 0 Å². The van der Waals surface area contributed by atoms with Crippen molar-refractivity contribution in [1.82, 2.24) is 29.9 Å². The Labute approximate surface area is 177 Å². The van der Waals surface area contributed by atoms with Gasteiger partial charge in [-0.15, -0.1) is 24.8 Å². The Kier molecular flexibility index (Phi) is 7.86. The average molecular weight is 431 g/mol. The molecule has 8 nitrogen and oxygen atoms in total. The number of imidazole rings is 1. The van der Waals surface area contributed by atoms with Crippen LogP contribution < -0.4 is 5.32 Å². The zero-order chi connectivity index (χ0) is 18.1. The summed E-state index contributed by atoms with van der Waals surface area (Å²) >= 11 is 0. The lowest BCUT2D eigenvalue weighted by Gasteiger charge is -2.29. The van der Waals surface area contributed by atoms with Gasteiger partial charge in [-0.25, -0.2) is 4.98 Å². The lowest BCUT2D eigenvalue weighted by Crippen LogP contribution is -2.38. The largest absolute Gasteiger partial charge is 0.339 e. The molecule has 2 aromatic heterocycles. The minimum absolute atomic E-state index is 0. The first-order valence-electron chi connectivity index (χ1n) is 9.51. The number of carbonyl (C=O) groups excluding carboxylic acids is 1. The van der Waals surface area contributed by atoms with Gasteiger partial charge in [0.2, 0.25) is 5.89 Å². The SMILES string of the molecule is CC(C)c1noc(C2CCN(C(=O)c3cn4c(n3)CCNCC4)CC2)n1.Cl.Cl. The zero-order valence-corrected chi connectivity index (χ0v) is 17.9. The lowest BCUT2D eigenvalue weighted by molar-refractivity contribution is 0.0699. The van der Waals surface area contributed by atoms with Gasteiger partial charge in [0.05, 0.1) is 0 Å². The fourth-order valence-electron chi connectivity index (χ4n) is 3.61. The van der Waals surface area contributed by atoms with Crippen LogP contribution in [0.4, 0.5) is 0 Å². The summed E-state index contributed by atoms with van der Waals surface area (Å²) in [6.45, 7) is 8.21. The van der Waals surface area contributed by atoms with Gasteiger partial charge >= 0.3 is 0 Å². The molecular formula is C18H28Cl2N6O2. The van der Waals surface area contributed by atoms with Crippen molar-refractivity contribution in [3.8, 4) is 0 Å². The Morgan fingerprint density at radius 1 is 1.18 bits per heavy atom. The molecule has 0 spiro atoms. The Morgan fingerprint density at radius 2 is 1.93 bits per heavy atom. The number of nitrogens with one attached hydrogen (secondary N) is 1. The molecule has 1 fully saturated rings. The predicted molar refractivity (Wildman–Crippen MR) is 110 cm³/mol. The molecule has 0 atom stereocenters. The average Bonchev–Trinajstić information content (AvgIpc) is 3.24. The summed E-state index contributed by atoms with van der Waals surface area (Å²) in [4.78, 5) is 23.8. The van der Waals surface area contributed by atoms with Crippen molar-refractivity contribution in [2.24, 2.45) is 0 Å². The van der Waals surface area contributed by atoms with Gasteiger partial charge in [0.1, 0.15) is 11.5 Å². The molecule has 2 aliphatic heterocycles. The van der Waals surface area contributed by atoms with E-state index in [1.807, 2.05) is 11.1 Å². The van der Waals surface area contributed by atoms with E-state index in [2.05, 4.69) is 38.9 Å². The van der Waals surface area contributed by atoms with Crippen molar-refractivity contribution < 1.29 is 9.32 Å². The van der Waals surface area contributed by atoms with Crippen molar-refractivity contribution in [3.63, 3.8) is 0 Å². The van der Waals surface area contributed by atoms with E-state index >= 15 is 0 Å². The van der Waals surface area contributed by atoms with Crippen LogP contribution in [-0.2, 0) is 13.0 Å². The normalized spacial score (nSPS) is 17.5. The lowest BCUT2D eigenvalue weighted by atomic mass is 9.96. The summed E-state index contributed by atoms with van der Waals surface area (Å²) in [5.41, 5.74) is 0.570. The molecule has 0 saturated carbocycles. The number of likely N-dealkylation sites (tertiary alicyclic amines) is 1. The Hall–Kier alpha value is -1.64. The van der Waals surface area contributed by atoms with E-state index in [4.69, 9.17) is 4.52 Å². The topological polar surface area (TPSA) is 89.1 Å². The molecule has 1 saturated heterocycles. The first kappa shape index (κ1) is 22.6.